The molecule has 152 valence electrons. The fourth-order valence-corrected chi connectivity index (χ4v) is 2.10. The van der Waals surface area contributed by atoms with Crippen molar-refractivity contribution in [3.63, 3.8) is 0 Å². The molecular formula is C19H30N2O6. The van der Waals surface area contributed by atoms with Crippen LogP contribution in [0.4, 0.5) is 0 Å². The SMILES string of the molecule is CC[C@H](C)[C@H](N)C(=O)O.C[C@@H](N[C@@H](CCc1ccccc1)C(=O)O)C(=O)O. The van der Waals surface area contributed by atoms with Crippen LogP contribution in [-0.4, -0.2) is 51.4 Å². The average molecular weight is 382 g/mol. The van der Waals surface area contributed by atoms with Crippen LogP contribution in [-0.2, 0) is 20.8 Å². The van der Waals surface area contributed by atoms with Gasteiger partial charge in [-0.15, -0.1) is 0 Å². The highest BCUT2D eigenvalue weighted by Gasteiger charge is 2.22. The summed E-state index contributed by atoms with van der Waals surface area (Å²) in [6.45, 7) is 5.19. The lowest BCUT2D eigenvalue weighted by atomic mass is 10.0. The van der Waals surface area contributed by atoms with E-state index in [2.05, 4.69) is 5.32 Å². The van der Waals surface area contributed by atoms with Gasteiger partial charge in [0.2, 0.25) is 0 Å². The summed E-state index contributed by atoms with van der Waals surface area (Å²) in [6, 6.07) is 7.08. The van der Waals surface area contributed by atoms with E-state index >= 15 is 0 Å². The molecule has 0 spiro atoms. The summed E-state index contributed by atoms with van der Waals surface area (Å²) in [7, 11) is 0. The lowest BCUT2D eigenvalue weighted by Gasteiger charge is -2.17. The van der Waals surface area contributed by atoms with Crippen LogP contribution in [0, 0.1) is 5.92 Å². The largest absolute Gasteiger partial charge is 0.480 e. The van der Waals surface area contributed by atoms with E-state index in [-0.39, 0.29) is 5.92 Å². The van der Waals surface area contributed by atoms with Crippen LogP contribution < -0.4 is 11.1 Å². The maximum atomic E-state index is 11.0. The summed E-state index contributed by atoms with van der Waals surface area (Å²) in [5.41, 5.74) is 6.31. The Hall–Kier alpha value is -2.45. The van der Waals surface area contributed by atoms with Crippen molar-refractivity contribution in [2.75, 3.05) is 0 Å². The summed E-state index contributed by atoms with van der Waals surface area (Å²) in [5, 5.41) is 28.7. The average Bonchev–Trinajstić information content (AvgIpc) is 2.64. The Labute approximate surface area is 159 Å². The quantitative estimate of drug-likeness (QED) is 0.409. The van der Waals surface area contributed by atoms with Gasteiger partial charge in [0.05, 0.1) is 0 Å². The van der Waals surface area contributed by atoms with Crippen LogP contribution in [0.15, 0.2) is 30.3 Å². The zero-order chi connectivity index (χ0) is 21.0. The minimum atomic E-state index is -1.05. The molecule has 8 nitrogen and oxygen atoms in total. The predicted octanol–water partition coefficient (Wildman–Crippen LogP) is 1.58. The Morgan fingerprint density at radius 2 is 1.56 bits per heavy atom. The van der Waals surface area contributed by atoms with E-state index < -0.39 is 36.0 Å². The van der Waals surface area contributed by atoms with Gasteiger partial charge < -0.3 is 21.1 Å². The standard InChI is InChI=1S/C13H17NO4.C6H13NO2/c1-9(12(15)16)14-11(13(17)18)8-7-10-5-3-2-4-6-10;1-3-4(2)5(7)6(8)9/h2-6,9,11,14H,7-8H2,1H3,(H,15,16)(H,17,18);4-5H,3,7H2,1-2H3,(H,8,9)/t9-,11+;4-,5-/m10/s1. The molecule has 0 aliphatic carbocycles. The van der Waals surface area contributed by atoms with Gasteiger partial charge in [0.15, 0.2) is 0 Å². The van der Waals surface area contributed by atoms with Gasteiger partial charge >= 0.3 is 17.9 Å². The summed E-state index contributed by atoms with van der Waals surface area (Å²) in [4.78, 5) is 31.9. The molecule has 0 bridgehead atoms. The minimum absolute atomic E-state index is 0.0718. The number of hydrogen-bond acceptors (Lipinski definition) is 5. The van der Waals surface area contributed by atoms with Crippen LogP contribution in [0.3, 0.4) is 0 Å². The highest BCUT2D eigenvalue weighted by atomic mass is 16.4. The summed E-state index contributed by atoms with van der Waals surface area (Å²) in [5.74, 6) is -2.92. The third-order valence-electron chi connectivity index (χ3n) is 4.23. The second-order valence-corrected chi connectivity index (χ2v) is 6.39. The van der Waals surface area contributed by atoms with E-state index in [9.17, 15) is 14.4 Å². The van der Waals surface area contributed by atoms with Gasteiger partial charge in [0.25, 0.3) is 0 Å². The minimum Gasteiger partial charge on any atom is -0.480 e. The molecule has 0 heterocycles. The van der Waals surface area contributed by atoms with Crippen molar-refractivity contribution in [2.45, 2.75) is 58.2 Å². The van der Waals surface area contributed by atoms with Crippen molar-refractivity contribution < 1.29 is 29.7 Å². The molecule has 27 heavy (non-hydrogen) atoms. The van der Waals surface area contributed by atoms with Crippen molar-refractivity contribution in [2.24, 2.45) is 11.7 Å². The Bertz CT molecular complexity index is 593. The fourth-order valence-electron chi connectivity index (χ4n) is 2.10. The fraction of sp³-hybridized carbons (Fsp3) is 0.526. The number of carboxylic acid groups (broad SMARTS) is 3. The Kier molecular flexibility index (Phi) is 11.7. The van der Waals surface area contributed by atoms with Gasteiger partial charge in [-0.3, -0.25) is 19.7 Å². The number of carboxylic acids is 3. The van der Waals surface area contributed by atoms with Gasteiger partial charge in [0, 0.05) is 0 Å². The molecule has 4 atom stereocenters. The lowest BCUT2D eigenvalue weighted by Crippen LogP contribution is -2.45. The lowest BCUT2D eigenvalue weighted by molar-refractivity contribution is -0.142. The maximum Gasteiger partial charge on any atom is 0.320 e. The summed E-state index contributed by atoms with van der Waals surface area (Å²) in [6.07, 6.45) is 1.77. The van der Waals surface area contributed by atoms with Crippen molar-refractivity contribution >= 4 is 17.9 Å². The third kappa shape index (κ3) is 10.3. The number of nitrogens with two attached hydrogens (primary N) is 1. The van der Waals surface area contributed by atoms with E-state index in [1.165, 1.54) is 6.92 Å². The first kappa shape index (κ1) is 24.6. The molecule has 1 rings (SSSR count). The Morgan fingerprint density at radius 3 is 1.93 bits per heavy atom. The molecular weight excluding hydrogens is 352 g/mol. The zero-order valence-electron chi connectivity index (χ0n) is 16.0. The number of aliphatic carboxylic acids is 3. The van der Waals surface area contributed by atoms with Crippen LogP contribution in [0.5, 0.6) is 0 Å². The van der Waals surface area contributed by atoms with Gasteiger partial charge in [-0.25, -0.2) is 0 Å². The van der Waals surface area contributed by atoms with Crippen LogP contribution in [0.2, 0.25) is 0 Å². The van der Waals surface area contributed by atoms with Gasteiger partial charge in [0.1, 0.15) is 18.1 Å². The molecule has 0 unspecified atom stereocenters. The molecule has 1 aromatic rings. The second kappa shape index (κ2) is 12.8. The molecule has 0 saturated carbocycles. The molecule has 1 aromatic carbocycles. The number of benzene rings is 1. The number of rotatable bonds is 10. The maximum absolute atomic E-state index is 11.0. The first-order chi connectivity index (χ1) is 12.6. The smallest absolute Gasteiger partial charge is 0.320 e. The van der Waals surface area contributed by atoms with Crippen LogP contribution >= 0.6 is 0 Å². The predicted molar refractivity (Wildman–Crippen MR) is 101 cm³/mol. The molecule has 0 aromatic heterocycles. The van der Waals surface area contributed by atoms with Crippen LogP contribution in [0.1, 0.15) is 39.2 Å². The van der Waals surface area contributed by atoms with Gasteiger partial charge in [-0.1, -0.05) is 50.6 Å². The first-order valence-corrected chi connectivity index (χ1v) is 8.84. The molecule has 0 aliphatic heterocycles. The summed E-state index contributed by atoms with van der Waals surface area (Å²) < 4.78 is 0. The van der Waals surface area contributed by atoms with Crippen LogP contribution in [0.25, 0.3) is 0 Å². The summed E-state index contributed by atoms with van der Waals surface area (Å²) >= 11 is 0. The monoisotopic (exact) mass is 382 g/mol. The molecule has 0 amide bonds. The van der Waals surface area contributed by atoms with E-state index in [1.807, 2.05) is 44.2 Å². The highest BCUT2D eigenvalue weighted by molar-refractivity contribution is 5.77. The third-order valence-corrected chi connectivity index (χ3v) is 4.23. The number of hydrogen-bond donors (Lipinski definition) is 5. The topological polar surface area (TPSA) is 150 Å². The number of carbonyl (C=O) groups is 3. The number of nitrogens with one attached hydrogen (secondary N) is 1. The van der Waals surface area contributed by atoms with Crippen molar-refractivity contribution in [1.29, 1.82) is 0 Å². The molecule has 8 heteroatoms. The van der Waals surface area contributed by atoms with E-state index in [1.54, 1.807) is 0 Å². The van der Waals surface area contributed by atoms with Crippen molar-refractivity contribution in [1.82, 2.24) is 5.32 Å². The Morgan fingerprint density at radius 1 is 1.00 bits per heavy atom. The zero-order valence-corrected chi connectivity index (χ0v) is 16.0. The second-order valence-electron chi connectivity index (χ2n) is 6.39. The molecule has 6 N–H and O–H groups in total. The first-order valence-electron chi connectivity index (χ1n) is 8.84. The molecule has 0 aliphatic rings. The normalized spacial score (nSPS) is 14.8. The number of aryl methyl sites for hydroxylation is 1. The van der Waals surface area contributed by atoms with E-state index in [0.717, 1.165) is 12.0 Å². The Balaban J connectivity index is 0.000000636. The molecule has 0 radical (unpaired) electrons. The highest BCUT2D eigenvalue weighted by Crippen LogP contribution is 2.06. The van der Waals surface area contributed by atoms with E-state index in [0.29, 0.717) is 12.8 Å². The molecule has 0 fully saturated rings. The van der Waals surface area contributed by atoms with Crippen molar-refractivity contribution in [3.8, 4) is 0 Å². The van der Waals surface area contributed by atoms with Crippen molar-refractivity contribution in [3.05, 3.63) is 35.9 Å². The molecule has 0 saturated heterocycles. The van der Waals surface area contributed by atoms with E-state index in [4.69, 9.17) is 21.1 Å². The van der Waals surface area contributed by atoms with Gasteiger partial charge in [-0.2, -0.15) is 0 Å². The van der Waals surface area contributed by atoms with Gasteiger partial charge in [-0.05, 0) is 31.2 Å².